The summed E-state index contributed by atoms with van der Waals surface area (Å²) in [6.07, 6.45) is 2.55. The number of thiophene rings is 1. The molecule has 0 spiro atoms. The van der Waals surface area contributed by atoms with Crippen molar-refractivity contribution in [3.8, 4) is 0 Å². The van der Waals surface area contributed by atoms with Crippen LogP contribution in [0.25, 0.3) is 10.2 Å². The fraction of sp³-hybridized carbons (Fsp3) is 0.294. The Labute approximate surface area is 151 Å². The second kappa shape index (κ2) is 6.70. The highest BCUT2D eigenvalue weighted by Crippen LogP contribution is 2.33. The second-order valence-corrected chi connectivity index (χ2v) is 8.56. The van der Waals surface area contributed by atoms with Gasteiger partial charge in [-0.05, 0) is 37.1 Å². The average molecular weight is 377 g/mol. The lowest BCUT2D eigenvalue weighted by Gasteiger charge is -2.26. The summed E-state index contributed by atoms with van der Waals surface area (Å²) in [5.41, 5.74) is 0.979. The summed E-state index contributed by atoms with van der Waals surface area (Å²) in [6, 6.07) is 8.78. The Hall–Kier alpha value is -2.03. The molecular formula is C17H20N4O2S2. The van der Waals surface area contributed by atoms with Crippen LogP contribution in [0.4, 0.5) is 5.82 Å². The summed E-state index contributed by atoms with van der Waals surface area (Å²) in [5.74, 6) is 0.865. The van der Waals surface area contributed by atoms with E-state index in [-0.39, 0.29) is 10.9 Å². The minimum Gasteiger partial charge on any atom is -0.352 e. The van der Waals surface area contributed by atoms with Crippen LogP contribution in [0.1, 0.15) is 30.3 Å². The van der Waals surface area contributed by atoms with Gasteiger partial charge in [0, 0.05) is 11.9 Å². The van der Waals surface area contributed by atoms with E-state index >= 15 is 0 Å². The molecule has 0 saturated heterocycles. The first-order valence-electron chi connectivity index (χ1n) is 7.90. The minimum absolute atomic E-state index is 0.0117. The largest absolute Gasteiger partial charge is 0.352 e. The van der Waals surface area contributed by atoms with Crippen molar-refractivity contribution in [1.29, 1.82) is 0 Å². The number of hydrogen-bond acceptors (Lipinski definition) is 6. The Balaban J connectivity index is 1.95. The quantitative estimate of drug-likeness (QED) is 0.739. The van der Waals surface area contributed by atoms with Gasteiger partial charge in [-0.25, -0.2) is 23.5 Å². The first kappa shape index (κ1) is 17.8. The first-order valence-corrected chi connectivity index (χ1v) is 10.3. The molecule has 8 heteroatoms. The molecule has 1 unspecified atom stereocenters. The zero-order valence-electron chi connectivity index (χ0n) is 14.3. The van der Waals surface area contributed by atoms with Gasteiger partial charge in [-0.1, -0.05) is 19.1 Å². The lowest BCUT2D eigenvalue weighted by molar-refractivity contribution is 0.597. The van der Waals surface area contributed by atoms with Crippen LogP contribution in [0.3, 0.4) is 0 Å². The summed E-state index contributed by atoms with van der Waals surface area (Å²) < 4.78 is 22.8. The van der Waals surface area contributed by atoms with E-state index in [4.69, 9.17) is 5.14 Å². The van der Waals surface area contributed by atoms with Crippen LogP contribution in [0.5, 0.6) is 0 Å². The Morgan fingerprint density at radius 2 is 1.92 bits per heavy atom. The fourth-order valence-electron chi connectivity index (χ4n) is 2.69. The molecule has 0 aliphatic heterocycles. The molecule has 0 aliphatic rings. The van der Waals surface area contributed by atoms with Gasteiger partial charge in [-0.3, -0.25) is 0 Å². The van der Waals surface area contributed by atoms with E-state index < -0.39 is 10.0 Å². The molecule has 2 N–H and O–H groups in total. The van der Waals surface area contributed by atoms with Crippen molar-refractivity contribution >= 4 is 37.4 Å². The number of fused-ring (bicyclic) bond motifs is 1. The normalized spacial score (nSPS) is 13.1. The van der Waals surface area contributed by atoms with E-state index in [9.17, 15) is 8.42 Å². The maximum absolute atomic E-state index is 11.4. The summed E-state index contributed by atoms with van der Waals surface area (Å²) in [4.78, 5) is 13.3. The summed E-state index contributed by atoms with van der Waals surface area (Å²) in [7, 11) is -1.70. The van der Waals surface area contributed by atoms with Gasteiger partial charge in [0.05, 0.1) is 16.3 Å². The summed E-state index contributed by atoms with van der Waals surface area (Å²) in [6.45, 7) is 4.17. The van der Waals surface area contributed by atoms with Gasteiger partial charge in [-0.15, -0.1) is 11.3 Å². The number of aromatic nitrogens is 2. The Kier molecular flexibility index (Phi) is 4.77. The molecule has 0 aliphatic carbocycles. The van der Waals surface area contributed by atoms with Gasteiger partial charge in [-0.2, -0.15) is 0 Å². The number of sulfonamides is 1. The van der Waals surface area contributed by atoms with Gasteiger partial charge in [0.2, 0.25) is 10.0 Å². The van der Waals surface area contributed by atoms with Crippen LogP contribution in [0, 0.1) is 0 Å². The van der Waals surface area contributed by atoms with E-state index in [1.165, 1.54) is 17.0 Å². The topological polar surface area (TPSA) is 89.2 Å². The van der Waals surface area contributed by atoms with Gasteiger partial charge in [0.1, 0.15) is 17.0 Å². The fourth-order valence-corrected chi connectivity index (χ4v) is 4.14. The van der Waals surface area contributed by atoms with E-state index in [2.05, 4.69) is 27.9 Å². The van der Waals surface area contributed by atoms with Crippen LogP contribution in [-0.2, 0) is 16.4 Å². The number of aryl methyl sites for hydroxylation is 1. The van der Waals surface area contributed by atoms with Crippen LogP contribution < -0.4 is 10.0 Å². The zero-order chi connectivity index (χ0) is 18.2. The lowest BCUT2D eigenvalue weighted by atomic mass is 10.1. The number of primary sulfonamides is 1. The summed E-state index contributed by atoms with van der Waals surface area (Å²) in [5, 5.41) is 6.20. The molecule has 132 valence electrons. The number of benzene rings is 1. The second-order valence-electron chi connectivity index (χ2n) is 5.88. The van der Waals surface area contributed by atoms with Crippen LogP contribution >= 0.6 is 11.3 Å². The highest BCUT2D eigenvalue weighted by Gasteiger charge is 2.18. The molecule has 0 amide bonds. The van der Waals surface area contributed by atoms with Crippen molar-refractivity contribution in [1.82, 2.24) is 9.97 Å². The van der Waals surface area contributed by atoms with Gasteiger partial charge >= 0.3 is 0 Å². The first-order chi connectivity index (χ1) is 11.8. The van der Waals surface area contributed by atoms with Gasteiger partial charge in [0.25, 0.3) is 0 Å². The maximum atomic E-state index is 11.4. The zero-order valence-corrected chi connectivity index (χ0v) is 15.9. The third-order valence-electron chi connectivity index (χ3n) is 4.31. The van der Waals surface area contributed by atoms with Crippen molar-refractivity contribution in [3.63, 3.8) is 0 Å². The number of hydrogen-bond donors (Lipinski definition) is 1. The van der Waals surface area contributed by atoms with Gasteiger partial charge in [0.15, 0.2) is 0 Å². The molecule has 1 atom stereocenters. The SMILES string of the molecule is CCc1cc2c(N(C)C(C)c3ccc(S(N)(=O)=O)cc3)ncnc2s1. The Morgan fingerprint density at radius 3 is 2.52 bits per heavy atom. The van der Waals surface area contributed by atoms with Crippen LogP contribution in [0.15, 0.2) is 41.6 Å². The molecule has 3 aromatic rings. The predicted molar refractivity (Wildman–Crippen MR) is 101 cm³/mol. The molecule has 0 radical (unpaired) electrons. The van der Waals surface area contributed by atoms with Crippen LogP contribution in [-0.4, -0.2) is 25.4 Å². The van der Waals surface area contributed by atoms with E-state index in [0.29, 0.717) is 0 Å². The molecule has 0 bridgehead atoms. The monoisotopic (exact) mass is 376 g/mol. The maximum Gasteiger partial charge on any atom is 0.238 e. The molecule has 0 fully saturated rings. The molecular weight excluding hydrogens is 356 g/mol. The molecule has 2 aromatic heterocycles. The Morgan fingerprint density at radius 1 is 1.24 bits per heavy atom. The number of nitrogens with two attached hydrogens (primary N) is 1. The third kappa shape index (κ3) is 3.51. The Bertz CT molecular complexity index is 997. The summed E-state index contributed by atoms with van der Waals surface area (Å²) >= 11 is 1.68. The molecule has 0 saturated carbocycles. The minimum atomic E-state index is -3.68. The van der Waals surface area contributed by atoms with Crippen molar-refractivity contribution < 1.29 is 8.42 Å². The van der Waals surface area contributed by atoms with E-state index in [1.54, 1.807) is 29.8 Å². The number of rotatable bonds is 5. The van der Waals surface area contributed by atoms with E-state index in [1.807, 2.05) is 14.0 Å². The van der Waals surface area contributed by atoms with Crippen molar-refractivity contribution in [2.24, 2.45) is 5.14 Å². The molecule has 6 nitrogen and oxygen atoms in total. The van der Waals surface area contributed by atoms with Gasteiger partial charge < -0.3 is 4.90 Å². The van der Waals surface area contributed by atoms with Crippen LogP contribution in [0.2, 0.25) is 0 Å². The standard InChI is InChI=1S/C17H20N4O2S2/c1-4-13-9-15-16(19-10-20-17(15)24-13)21(3)11(2)12-5-7-14(8-6-12)25(18,22)23/h5-11H,4H2,1-3H3,(H2,18,22,23). The third-order valence-corrected chi connectivity index (χ3v) is 6.43. The average Bonchev–Trinajstić information content (AvgIpc) is 3.03. The molecule has 3 rings (SSSR count). The number of nitrogens with zero attached hydrogens (tertiary/aromatic N) is 3. The highest BCUT2D eigenvalue weighted by molar-refractivity contribution is 7.89. The molecule has 2 heterocycles. The predicted octanol–water partition coefficient (Wildman–Crippen LogP) is 3.10. The van der Waals surface area contributed by atoms with Crippen molar-refractivity contribution in [3.05, 3.63) is 47.1 Å². The van der Waals surface area contributed by atoms with E-state index in [0.717, 1.165) is 28.0 Å². The smallest absolute Gasteiger partial charge is 0.238 e. The number of anilines is 1. The highest BCUT2D eigenvalue weighted by atomic mass is 32.2. The van der Waals surface area contributed by atoms with Crippen molar-refractivity contribution in [2.75, 3.05) is 11.9 Å². The molecule has 25 heavy (non-hydrogen) atoms. The lowest BCUT2D eigenvalue weighted by Crippen LogP contribution is -2.23. The molecule has 1 aromatic carbocycles. The van der Waals surface area contributed by atoms with Crippen molar-refractivity contribution in [2.45, 2.75) is 31.2 Å².